The second-order valence-corrected chi connectivity index (χ2v) is 6.26. The molecule has 0 amide bonds. The van der Waals surface area contributed by atoms with Crippen molar-refractivity contribution in [3.05, 3.63) is 96.1 Å². The van der Waals surface area contributed by atoms with Crippen molar-refractivity contribution in [1.29, 1.82) is 0 Å². The van der Waals surface area contributed by atoms with Crippen LogP contribution in [0.25, 0.3) is 11.1 Å². The van der Waals surface area contributed by atoms with E-state index in [9.17, 15) is 15.0 Å². The van der Waals surface area contributed by atoms with Crippen LogP contribution in [0.5, 0.6) is 0 Å². The quantitative estimate of drug-likeness (QED) is 0.727. The summed E-state index contributed by atoms with van der Waals surface area (Å²) >= 11 is 0. The van der Waals surface area contributed by atoms with Crippen molar-refractivity contribution in [3.63, 3.8) is 0 Å². The van der Waals surface area contributed by atoms with Crippen LogP contribution >= 0.6 is 0 Å². The Morgan fingerprint density at radius 2 is 1.28 bits per heavy atom. The molecule has 0 heterocycles. The zero-order chi connectivity index (χ0) is 17.9. The first kappa shape index (κ1) is 16.9. The standard InChI is InChI=1S/C22H20O3/c1-22(21(24)25,20(23)18-10-6-3-7-11-18)19-14-12-17(13-15-19)16-8-4-2-5-9-16/h2-15,20,23H,1H3,(H,24,25). The number of carbonyl (C=O) groups is 1. The topological polar surface area (TPSA) is 57.5 Å². The van der Waals surface area contributed by atoms with E-state index in [1.165, 1.54) is 0 Å². The number of aliphatic carboxylic acids is 1. The van der Waals surface area contributed by atoms with Gasteiger partial charge >= 0.3 is 5.97 Å². The molecule has 0 radical (unpaired) electrons. The van der Waals surface area contributed by atoms with Crippen LogP contribution in [0.4, 0.5) is 0 Å². The lowest BCUT2D eigenvalue weighted by Crippen LogP contribution is -2.39. The van der Waals surface area contributed by atoms with Gasteiger partial charge in [-0.05, 0) is 29.2 Å². The average Bonchev–Trinajstić information content (AvgIpc) is 2.68. The van der Waals surface area contributed by atoms with E-state index in [-0.39, 0.29) is 0 Å². The molecule has 25 heavy (non-hydrogen) atoms. The third-order valence-electron chi connectivity index (χ3n) is 4.70. The fraction of sp³-hybridized carbons (Fsp3) is 0.136. The highest BCUT2D eigenvalue weighted by Gasteiger charge is 2.43. The van der Waals surface area contributed by atoms with Gasteiger partial charge in [0.1, 0.15) is 5.41 Å². The van der Waals surface area contributed by atoms with Gasteiger partial charge < -0.3 is 10.2 Å². The largest absolute Gasteiger partial charge is 0.481 e. The summed E-state index contributed by atoms with van der Waals surface area (Å²) in [5.41, 5.74) is 1.79. The summed E-state index contributed by atoms with van der Waals surface area (Å²) < 4.78 is 0. The Bertz CT molecular complexity index is 841. The van der Waals surface area contributed by atoms with Gasteiger partial charge in [-0.25, -0.2) is 0 Å². The van der Waals surface area contributed by atoms with Crippen molar-refractivity contribution in [2.24, 2.45) is 0 Å². The molecule has 0 aliphatic carbocycles. The summed E-state index contributed by atoms with van der Waals surface area (Å²) in [5.74, 6) is -1.06. The maximum absolute atomic E-state index is 12.0. The van der Waals surface area contributed by atoms with Gasteiger partial charge in [0.25, 0.3) is 0 Å². The number of benzene rings is 3. The summed E-state index contributed by atoms with van der Waals surface area (Å²) in [4.78, 5) is 12.0. The summed E-state index contributed by atoms with van der Waals surface area (Å²) in [6.07, 6.45) is -1.14. The monoisotopic (exact) mass is 332 g/mol. The van der Waals surface area contributed by atoms with Gasteiger partial charge in [0.05, 0.1) is 6.10 Å². The maximum atomic E-state index is 12.0. The molecule has 3 heteroatoms. The minimum atomic E-state index is -1.43. The molecule has 0 spiro atoms. The predicted molar refractivity (Wildman–Crippen MR) is 98.3 cm³/mol. The molecule has 2 N–H and O–H groups in total. The molecule has 0 aliphatic rings. The molecule has 3 nitrogen and oxygen atoms in total. The van der Waals surface area contributed by atoms with Gasteiger partial charge in [-0.3, -0.25) is 4.79 Å². The van der Waals surface area contributed by atoms with Crippen LogP contribution in [0.15, 0.2) is 84.9 Å². The Morgan fingerprint density at radius 3 is 1.80 bits per heavy atom. The van der Waals surface area contributed by atoms with E-state index in [2.05, 4.69) is 0 Å². The number of carboxylic acids is 1. The second kappa shape index (κ2) is 6.91. The van der Waals surface area contributed by atoms with Crippen molar-refractivity contribution in [1.82, 2.24) is 0 Å². The highest BCUT2D eigenvalue weighted by Crippen LogP contribution is 2.38. The fourth-order valence-electron chi connectivity index (χ4n) is 3.01. The van der Waals surface area contributed by atoms with Gasteiger partial charge in [0, 0.05) is 0 Å². The molecule has 126 valence electrons. The Kier molecular flexibility index (Phi) is 4.68. The number of rotatable bonds is 5. The minimum Gasteiger partial charge on any atom is -0.481 e. The molecule has 2 unspecified atom stereocenters. The normalized spacial score (nSPS) is 14.5. The highest BCUT2D eigenvalue weighted by molar-refractivity contribution is 5.82. The summed E-state index contributed by atoms with van der Waals surface area (Å²) in [5, 5.41) is 20.6. The van der Waals surface area contributed by atoms with Gasteiger partial charge in [0.2, 0.25) is 0 Å². The van der Waals surface area contributed by atoms with Crippen LogP contribution < -0.4 is 0 Å². The average molecular weight is 332 g/mol. The highest BCUT2D eigenvalue weighted by atomic mass is 16.4. The molecule has 2 atom stereocenters. The molecule has 3 aromatic rings. The van der Waals surface area contributed by atoms with Crippen molar-refractivity contribution in [3.8, 4) is 11.1 Å². The molecule has 0 fully saturated rings. The molecule has 0 bridgehead atoms. The predicted octanol–water partition coefficient (Wildman–Crippen LogP) is 4.43. The second-order valence-electron chi connectivity index (χ2n) is 6.26. The Balaban J connectivity index is 2.00. The zero-order valence-electron chi connectivity index (χ0n) is 14.0. The number of hydrogen-bond acceptors (Lipinski definition) is 2. The zero-order valence-corrected chi connectivity index (χ0v) is 14.0. The van der Waals surface area contributed by atoms with E-state index in [1.807, 2.05) is 48.5 Å². The Labute approximate surface area is 147 Å². The first-order chi connectivity index (χ1) is 12.0. The van der Waals surface area contributed by atoms with Gasteiger partial charge in [-0.2, -0.15) is 0 Å². The number of hydrogen-bond donors (Lipinski definition) is 2. The van der Waals surface area contributed by atoms with Gasteiger partial charge in [0.15, 0.2) is 0 Å². The van der Waals surface area contributed by atoms with E-state index in [0.717, 1.165) is 11.1 Å². The van der Waals surface area contributed by atoms with Crippen LogP contribution in [0.1, 0.15) is 24.2 Å². The smallest absolute Gasteiger partial charge is 0.316 e. The first-order valence-electron chi connectivity index (χ1n) is 8.16. The lowest BCUT2D eigenvalue weighted by molar-refractivity contribution is -0.148. The van der Waals surface area contributed by atoms with Crippen molar-refractivity contribution in [2.45, 2.75) is 18.4 Å². The number of carboxylic acid groups (broad SMARTS) is 1. The molecular weight excluding hydrogens is 312 g/mol. The lowest BCUT2D eigenvalue weighted by atomic mass is 9.74. The molecular formula is C22H20O3. The number of aliphatic hydroxyl groups is 1. The fourth-order valence-corrected chi connectivity index (χ4v) is 3.01. The van der Waals surface area contributed by atoms with Crippen LogP contribution in [-0.4, -0.2) is 16.2 Å². The third kappa shape index (κ3) is 3.19. The summed E-state index contributed by atoms with van der Waals surface area (Å²) in [6, 6.07) is 26.1. The maximum Gasteiger partial charge on any atom is 0.316 e. The van der Waals surface area contributed by atoms with E-state index in [4.69, 9.17) is 0 Å². The molecule has 3 aromatic carbocycles. The summed E-state index contributed by atoms with van der Waals surface area (Å²) in [6.45, 7) is 1.56. The molecule has 3 rings (SSSR count). The Morgan fingerprint density at radius 1 is 0.800 bits per heavy atom. The van der Waals surface area contributed by atoms with E-state index in [1.54, 1.807) is 43.3 Å². The van der Waals surface area contributed by atoms with Crippen molar-refractivity contribution < 1.29 is 15.0 Å². The van der Waals surface area contributed by atoms with E-state index >= 15 is 0 Å². The molecule has 0 saturated carbocycles. The molecule has 0 aliphatic heterocycles. The number of aliphatic hydroxyl groups excluding tert-OH is 1. The minimum absolute atomic E-state index is 0.566. The SMILES string of the molecule is CC(C(=O)O)(c1ccc(-c2ccccc2)cc1)C(O)c1ccccc1. The van der Waals surface area contributed by atoms with Gasteiger partial charge in [-0.1, -0.05) is 84.9 Å². The van der Waals surface area contributed by atoms with Gasteiger partial charge in [-0.15, -0.1) is 0 Å². The first-order valence-corrected chi connectivity index (χ1v) is 8.16. The van der Waals surface area contributed by atoms with E-state index < -0.39 is 17.5 Å². The van der Waals surface area contributed by atoms with Crippen molar-refractivity contribution in [2.75, 3.05) is 0 Å². The third-order valence-corrected chi connectivity index (χ3v) is 4.70. The van der Waals surface area contributed by atoms with Crippen LogP contribution in [0.2, 0.25) is 0 Å². The van der Waals surface area contributed by atoms with Crippen LogP contribution in [-0.2, 0) is 10.2 Å². The Hall–Kier alpha value is -2.91. The van der Waals surface area contributed by atoms with E-state index in [0.29, 0.717) is 11.1 Å². The van der Waals surface area contributed by atoms with Crippen molar-refractivity contribution >= 4 is 5.97 Å². The summed E-state index contributed by atoms with van der Waals surface area (Å²) in [7, 11) is 0. The molecule has 0 saturated heterocycles. The van der Waals surface area contributed by atoms with Crippen LogP contribution in [0, 0.1) is 0 Å². The lowest BCUT2D eigenvalue weighted by Gasteiger charge is -2.31. The molecule has 0 aromatic heterocycles. The van der Waals surface area contributed by atoms with Crippen LogP contribution in [0.3, 0.4) is 0 Å².